The number of hydrogen-bond acceptors (Lipinski definition) is 7. The van der Waals surface area contributed by atoms with Gasteiger partial charge in [-0.3, -0.25) is 4.79 Å². The molecule has 0 radical (unpaired) electrons. The summed E-state index contributed by atoms with van der Waals surface area (Å²) in [5.41, 5.74) is 1.90. The largest absolute Gasteiger partial charge is 0.457 e. The molecule has 3 N–H and O–H groups in total. The molecule has 3 heterocycles. The molecular formula is C25H25NO6S. The number of aromatic nitrogens is 1. The van der Waals surface area contributed by atoms with Crippen molar-refractivity contribution in [1.82, 2.24) is 4.57 Å². The Bertz CT molecular complexity index is 1260. The number of thiophene rings is 1. The van der Waals surface area contributed by atoms with E-state index < -0.39 is 43.2 Å². The molecule has 0 bridgehead atoms. The summed E-state index contributed by atoms with van der Waals surface area (Å²) in [6, 6.07) is 18.3. The van der Waals surface area contributed by atoms with Crippen LogP contribution >= 0.6 is 11.3 Å². The number of carbonyl (C=O) groups excluding carboxylic acids is 1. The fraction of sp³-hybridized carbons (Fsp3) is 0.320. The van der Waals surface area contributed by atoms with Crippen molar-refractivity contribution in [2.24, 2.45) is 0 Å². The first kappa shape index (κ1) is 22.1. The van der Waals surface area contributed by atoms with Gasteiger partial charge in [-0.05, 0) is 29.1 Å². The van der Waals surface area contributed by atoms with Crippen LogP contribution in [0.5, 0.6) is 0 Å². The number of nitrogens with zero attached hydrogens (tertiary/aromatic N) is 1. The number of carbonyl (C=O) groups is 1. The second-order valence-corrected chi connectivity index (χ2v) is 9.48. The number of aliphatic hydroxyl groups is 3. The second-order valence-electron chi connectivity index (χ2n) is 8.31. The van der Waals surface area contributed by atoms with Gasteiger partial charge in [-0.15, -0.1) is 11.3 Å². The van der Waals surface area contributed by atoms with Crippen molar-refractivity contribution in [2.75, 3.05) is 6.61 Å². The monoisotopic (exact) mass is 467 g/mol. The van der Waals surface area contributed by atoms with E-state index in [1.54, 1.807) is 15.9 Å². The highest BCUT2D eigenvalue weighted by Gasteiger charge is 2.47. The van der Waals surface area contributed by atoms with E-state index in [9.17, 15) is 20.1 Å². The maximum atomic E-state index is 11.6. The maximum absolute atomic E-state index is 11.6. The van der Waals surface area contributed by atoms with Gasteiger partial charge in [0.2, 0.25) is 0 Å². The van der Waals surface area contributed by atoms with E-state index in [1.807, 2.05) is 42.6 Å². The van der Waals surface area contributed by atoms with Crippen LogP contribution in [0.4, 0.5) is 0 Å². The molecule has 1 fully saturated rings. The van der Waals surface area contributed by atoms with Crippen molar-refractivity contribution in [3.8, 4) is 0 Å². The number of ether oxygens (including phenoxy) is 2. The third-order valence-electron chi connectivity index (χ3n) is 6.08. The first-order valence-corrected chi connectivity index (χ1v) is 11.6. The summed E-state index contributed by atoms with van der Waals surface area (Å²) in [6.07, 6.45) is -3.20. The summed E-state index contributed by atoms with van der Waals surface area (Å²) in [6.45, 7) is 0.738. The Morgan fingerprint density at radius 1 is 1.12 bits per heavy atom. The predicted molar refractivity (Wildman–Crippen MR) is 125 cm³/mol. The molecular weight excluding hydrogens is 442 g/mol. The lowest BCUT2D eigenvalue weighted by molar-refractivity contribution is -0.256. The fourth-order valence-electron chi connectivity index (χ4n) is 4.57. The number of hydrogen-bond donors (Lipinski definition) is 3. The number of para-hydroxylation sites is 1. The summed E-state index contributed by atoms with van der Waals surface area (Å²) in [5.74, 6) is -0.627. The van der Waals surface area contributed by atoms with E-state index in [4.69, 9.17) is 9.47 Å². The molecule has 33 heavy (non-hydrogen) atoms. The van der Waals surface area contributed by atoms with Crippen molar-refractivity contribution in [1.29, 1.82) is 0 Å². The average Bonchev–Trinajstić information content (AvgIpc) is 3.38. The molecule has 1 saturated heterocycles. The Labute approximate surface area is 194 Å². The van der Waals surface area contributed by atoms with Crippen LogP contribution in [0.2, 0.25) is 0 Å². The van der Waals surface area contributed by atoms with E-state index in [0.717, 1.165) is 16.5 Å². The van der Waals surface area contributed by atoms with Gasteiger partial charge >= 0.3 is 5.97 Å². The van der Waals surface area contributed by atoms with E-state index >= 15 is 0 Å². The van der Waals surface area contributed by atoms with Crippen LogP contribution in [0.3, 0.4) is 0 Å². The van der Waals surface area contributed by atoms with Gasteiger partial charge in [-0.1, -0.05) is 36.4 Å². The molecule has 2 aromatic heterocycles. The molecule has 1 aliphatic heterocycles. The lowest BCUT2D eigenvalue weighted by Crippen LogP contribution is -2.57. The highest BCUT2D eigenvalue weighted by atomic mass is 32.1. The zero-order chi connectivity index (χ0) is 23.1. The second kappa shape index (κ2) is 8.89. The van der Waals surface area contributed by atoms with Crippen LogP contribution in [-0.2, 0) is 20.7 Å². The number of aliphatic hydroxyl groups excluding tert-OH is 3. The Morgan fingerprint density at radius 2 is 1.88 bits per heavy atom. The van der Waals surface area contributed by atoms with E-state index in [1.165, 1.54) is 21.9 Å². The molecule has 7 nitrogen and oxygen atoms in total. The van der Waals surface area contributed by atoms with Crippen molar-refractivity contribution >= 4 is 38.3 Å². The van der Waals surface area contributed by atoms with Crippen LogP contribution in [0.25, 0.3) is 21.0 Å². The lowest BCUT2D eigenvalue weighted by Gasteiger charge is -2.42. The van der Waals surface area contributed by atoms with Gasteiger partial charge in [0.25, 0.3) is 0 Å². The van der Waals surface area contributed by atoms with Crippen LogP contribution < -0.4 is 0 Å². The Balaban J connectivity index is 1.54. The first-order chi connectivity index (χ1) is 16.0. The quantitative estimate of drug-likeness (QED) is 0.390. The summed E-state index contributed by atoms with van der Waals surface area (Å²) < 4.78 is 14.1. The molecule has 1 aliphatic rings. The molecule has 0 aliphatic carbocycles. The summed E-state index contributed by atoms with van der Waals surface area (Å²) >= 11 is 1.74. The van der Waals surface area contributed by atoms with Crippen molar-refractivity contribution in [3.63, 3.8) is 0 Å². The number of fused-ring (bicyclic) bond motifs is 2. The van der Waals surface area contributed by atoms with Crippen molar-refractivity contribution in [3.05, 3.63) is 71.2 Å². The normalized spacial score (nSPS) is 25.5. The molecule has 3 unspecified atom stereocenters. The third kappa shape index (κ3) is 4.05. The number of rotatable bonds is 5. The molecule has 5 atom stereocenters. The van der Waals surface area contributed by atoms with Crippen molar-refractivity contribution < 1.29 is 29.6 Å². The lowest BCUT2D eigenvalue weighted by atomic mass is 9.98. The van der Waals surface area contributed by atoms with Crippen LogP contribution in [0.15, 0.2) is 60.8 Å². The van der Waals surface area contributed by atoms with Crippen LogP contribution in [-0.4, -0.2) is 56.9 Å². The molecule has 8 heteroatoms. The Hall–Kier alpha value is -2.75. The van der Waals surface area contributed by atoms with Gasteiger partial charge in [0.05, 0.1) is 12.1 Å². The Morgan fingerprint density at radius 3 is 2.64 bits per heavy atom. The molecule has 0 spiro atoms. The zero-order valence-electron chi connectivity index (χ0n) is 18.0. The van der Waals surface area contributed by atoms with Gasteiger partial charge < -0.3 is 29.4 Å². The number of benzene rings is 2. The van der Waals surface area contributed by atoms with E-state index in [-0.39, 0.29) is 0 Å². The highest BCUT2D eigenvalue weighted by molar-refractivity contribution is 7.19. The molecule has 172 valence electrons. The fourth-order valence-corrected chi connectivity index (χ4v) is 5.66. The maximum Gasteiger partial charge on any atom is 0.303 e. The molecule has 4 aromatic rings. The zero-order valence-corrected chi connectivity index (χ0v) is 18.8. The standard InChI is InChI=1S/C25H25NO6S/c1-14(28)31-24-22(29)20(13-27)32-25(23(24)30)26-12-16(18-7-3-4-8-19(18)26)11-17-10-15-6-2-5-9-21(15)33-17/h2-10,12,20,22-25,27,29-30H,11,13H2,1H3/t20?,22-,23-,24?,25?/m1/s1. The van der Waals surface area contributed by atoms with Gasteiger partial charge in [0.15, 0.2) is 12.3 Å². The average molecular weight is 468 g/mol. The topological polar surface area (TPSA) is 101 Å². The minimum absolute atomic E-state index is 0.476. The minimum atomic E-state index is -1.34. The predicted octanol–water partition coefficient (Wildman–Crippen LogP) is 2.99. The number of esters is 1. The van der Waals surface area contributed by atoms with E-state index in [2.05, 4.69) is 18.2 Å². The van der Waals surface area contributed by atoms with Gasteiger partial charge in [-0.25, -0.2) is 0 Å². The van der Waals surface area contributed by atoms with E-state index in [0.29, 0.717) is 6.42 Å². The van der Waals surface area contributed by atoms with Crippen LogP contribution in [0, 0.1) is 0 Å². The van der Waals surface area contributed by atoms with Gasteiger partial charge in [-0.2, -0.15) is 0 Å². The Kier molecular flexibility index (Phi) is 5.94. The smallest absolute Gasteiger partial charge is 0.303 e. The van der Waals surface area contributed by atoms with Crippen molar-refractivity contribution in [2.45, 2.75) is 44.0 Å². The molecule has 0 saturated carbocycles. The first-order valence-electron chi connectivity index (χ1n) is 10.8. The molecule has 0 amide bonds. The summed E-state index contributed by atoms with van der Waals surface area (Å²) in [4.78, 5) is 12.8. The molecule has 5 rings (SSSR count). The minimum Gasteiger partial charge on any atom is -0.457 e. The van der Waals surface area contributed by atoms with Gasteiger partial charge in [0.1, 0.15) is 18.3 Å². The molecule has 2 aromatic carbocycles. The van der Waals surface area contributed by atoms with Gasteiger partial charge in [0, 0.05) is 34.5 Å². The summed E-state index contributed by atoms with van der Waals surface area (Å²) in [5, 5.41) is 33.4. The van der Waals surface area contributed by atoms with Crippen LogP contribution in [0.1, 0.15) is 23.6 Å². The SMILES string of the molecule is CC(=O)OC1[C@H](O)C(CO)OC(n2cc(Cc3cc4ccccc4s3)c3ccccc32)[C@@H]1O. The summed E-state index contributed by atoms with van der Waals surface area (Å²) in [7, 11) is 0. The third-order valence-corrected chi connectivity index (χ3v) is 7.20. The highest BCUT2D eigenvalue weighted by Crippen LogP contribution is 2.36.